The maximum atomic E-state index is 13.0. The third-order valence-electron chi connectivity index (χ3n) is 3.47. The SMILES string of the molecule is O=C(O)C1CCN(C(=O)CNc2cccc(F)c2)CC1. The second-order valence-electron chi connectivity index (χ2n) is 4.86. The Morgan fingerprint density at radius 3 is 2.65 bits per heavy atom. The molecule has 0 unspecified atom stereocenters. The molecule has 1 saturated heterocycles. The summed E-state index contributed by atoms with van der Waals surface area (Å²) in [6, 6.07) is 5.92. The van der Waals surface area contributed by atoms with Gasteiger partial charge in [-0.15, -0.1) is 0 Å². The molecule has 6 heteroatoms. The monoisotopic (exact) mass is 280 g/mol. The number of rotatable bonds is 4. The molecule has 0 bridgehead atoms. The summed E-state index contributed by atoms with van der Waals surface area (Å²) in [6.45, 7) is 1.00. The van der Waals surface area contributed by atoms with Crippen LogP contribution in [0.25, 0.3) is 0 Å². The molecule has 1 fully saturated rings. The third-order valence-corrected chi connectivity index (χ3v) is 3.47. The minimum atomic E-state index is -0.796. The lowest BCUT2D eigenvalue weighted by molar-refractivity contribution is -0.145. The number of halogens is 1. The molecule has 1 aromatic carbocycles. The summed E-state index contributed by atoms with van der Waals surface area (Å²) in [5, 5.41) is 11.8. The van der Waals surface area contributed by atoms with E-state index in [1.54, 1.807) is 17.0 Å². The number of aliphatic carboxylic acids is 1. The number of benzene rings is 1. The molecule has 0 radical (unpaired) electrons. The molecule has 2 rings (SSSR count). The minimum absolute atomic E-state index is 0.0845. The van der Waals surface area contributed by atoms with Gasteiger partial charge >= 0.3 is 5.97 Å². The number of carboxylic acid groups (broad SMARTS) is 1. The molecule has 0 spiro atoms. The van der Waals surface area contributed by atoms with E-state index in [1.807, 2.05) is 0 Å². The van der Waals surface area contributed by atoms with Crippen molar-refractivity contribution in [2.45, 2.75) is 12.8 Å². The molecule has 0 atom stereocenters. The first-order chi connectivity index (χ1) is 9.56. The molecule has 108 valence electrons. The number of piperidine rings is 1. The highest BCUT2D eigenvalue weighted by molar-refractivity contribution is 5.81. The van der Waals surface area contributed by atoms with Gasteiger partial charge in [0.15, 0.2) is 0 Å². The number of hydrogen-bond acceptors (Lipinski definition) is 3. The predicted molar refractivity (Wildman–Crippen MR) is 71.8 cm³/mol. The highest BCUT2D eigenvalue weighted by Crippen LogP contribution is 2.17. The van der Waals surface area contributed by atoms with Crippen molar-refractivity contribution in [3.8, 4) is 0 Å². The van der Waals surface area contributed by atoms with Gasteiger partial charge in [-0.05, 0) is 31.0 Å². The minimum Gasteiger partial charge on any atom is -0.481 e. The number of amides is 1. The zero-order valence-electron chi connectivity index (χ0n) is 11.0. The quantitative estimate of drug-likeness (QED) is 0.878. The van der Waals surface area contributed by atoms with Crippen molar-refractivity contribution in [3.63, 3.8) is 0 Å². The van der Waals surface area contributed by atoms with Crippen LogP contribution < -0.4 is 5.32 Å². The molecule has 0 saturated carbocycles. The second-order valence-corrected chi connectivity index (χ2v) is 4.86. The van der Waals surface area contributed by atoms with Gasteiger partial charge in [-0.25, -0.2) is 4.39 Å². The second kappa shape index (κ2) is 6.36. The van der Waals surface area contributed by atoms with Crippen molar-refractivity contribution in [1.82, 2.24) is 4.90 Å². The number of carboxylic acids is 1. The first-order valence-corrected chi connectivity index (χ1v) is 6.56. The van der Waals surface area contributed by atoms with Gasteiger partial charge in [0.05, 0.1) is 12.5 Å². The van der Waals surface area contributed by atoms with Gasteiger partial charge in [0.25, 0.3) is 0 Å². The number of hydrogen-bond donors (Lipinski definition) is 2. The Kier molecular flexibility index (Phi) is 4.55. The lowest BCUT2D eigenvalue weighted by atomic mass is 9.97. The van der Waals surface area contributed by atoms with Crippen LogP contribution in [0.3, 0.4) is 0 Å². The summed E-state index contributed by atoms with van der Waals surface area (Å²) < 4.78 is 13.0. The smallest absolute Gasteiger partial charge is 0.306 e. The Morgan fingerprint density at radius 2 is 2.05 bits per heavy atom. The topological polar surface area (TPSA) is 69.6 Å². The number of carbonyl (C=O) groups excluding carboxylic acids is 1. The van der Waals surface area contributed by atoms with E-state index in [4.69, 9.17) is 5.11 Å². The van der Waals surface area contributed by atoms with Crippen molar-refractivity contribution in [1.29, 1.82) is 0 Å². The Hall–Kier alpha value is -2.11. The molecular weight excluding hydrogens is 263 g/mol. The van der Waals surface area contributed by atoms with Crippen LogP contribution in [0.15, 0.2) is 24.3 Å². The molecule has 1 heterocycles. The summed E-state index contributed by atoms with van der Waals surface area (Å²) in [7, 11) is 0. The molecule has 0 aromatic heterocycles. The first-order valence-electron chi connectivity index (χ1n) is 6.56. The van der Waals surface area contributed by atoms with Gasteiger partial charge in [-0.1, -0.05) is 6.07 Å². The lowest BCUT2D eigenvalue weighted by Gasteiger charge is -2.30. The maximum absolute atomic E-state index is 13.0. The van der Waals surface area contributed by atoms with Crippen molar-refractivity contribution in [2.24, 2.45) is 5.92 Å². The number of likely N-dealkylation sites (tertiary alicyclic amines) is 1. The van der Waals surface area contributed by atoms with Crippen molar-refractivity contribution >= 4 is 17.6 Å². The predicted octanol–water partition coefficient (Wildman–Crippen LogP) is 1.56. The van der Waals surface area contributed by atoms with Crippen LogP contribution in [0.1, 0.15) is 12.8 Å². The summed E-state index contributed by atoms with van der Waals surface area (Å²) in [5.74, 6) is -1.60. The molecule has 1 amide bonds. The number of nitrogens with zero attached hydrogens (tertiary/aromatic N) is 1. The van der Waals surface area contributed by atoms with Crippen LogP contribution in [0, 0.1) is 11.7 Å². The van der Waals surface area contributed by atoms with Gasteiger partial charge in [0, 0.05) is 18.8 Å². The molecule has 5 nitrogen and oxygen atoms in total. The molecule has 1 aromatic rings. The third kappa shape index (κ3) is 3.69. The van der Waals surface area contributed by atoms with Crippen LogP contribution in [-0.4, -0.2) is 41.5 Å². The van der Waals surface area contributed by atoms with E-state index < -0.39 is 5.97 Å². The highest BCUT2D eigenvalue weighted by Gasteiger charge is 2.26. The fourth-order valence-corrected chi connectivity index (χ4v) is 2.26. The molecule has 2 N–H and O–H groups in total. The van der Waals surface area contributed by atoms with Crippen LogP contribution in [0.5, 0.6) is 0 Å². The van der Waals surface area contributed by atoms with Crippen molar-refractivity contribution < 1.29 is 19.1 Å². The van der Waals surface area contributed by atoms with Crippen LogP contribution in [0.4, 0.5) is 10.1 Å². The zero-order chi connectivity index (χ0) is 14.5. The van der Waals surface area contributed by atoms with E-state index in [9.17, 15) is 14.0 Å². The number of anilines is 1. The van der Waals surface area contributed by atoms with Crippen LogP contribution in [0.2, 0.25) is 0 Å². The van der Waals surface area contributed by atoms with E-state index >= 15 is 0 Å². The molecule has 0 aliphatic carbocycles. The fraction of sp³-hybridized carbons (Fsp3) is 0.429. The Bertz CT molecular complexity index is 499. The van der Waals surface area contributed by atoms with Gasteiger partial charge in [-0.3, -0.25) is 9.59 Å². The number of nitrogens with one attached hydrogen (secondary N) is 1. The average Bonchev–Trinajstić information content (AvgIpc) is 2.45. The number of carbonyl (C=O) groups is 2. The summed E-state index contributed by atoms with van der Waals surface area (Å²) in [4.78, 5) is 24.4. The Morgan fingerprint density at radius 1 is 1.35 bits per heavy atom. The van der Waals surface area contributed by atoms with Crippen LogP contribution >= 0.6 is 0 Å². The largest absolute Gasteiger partial charge is 0.481 e. The average molecular weight is 280 g/mol. The van der Waals surface area contributed by atoms with Gasteiger partial charge in [0.1, 0.15) is 5.82 Å². The van der Waals surface area contributed by atoms with E-state index in [-0.39, 0.29) is 24.2 Å². The van der Waals surface area contributed by atoms with Gasteiger partial charge < -0.3 is 15.3 Å². The molecular formula is C14H17FN2O3. The molecule has 20 heavy (non-hydrogen) atoms. The van der Waals surface area contributed by atoms with Crippen molar-refractivity contribution in [3.05, 3.63) is 30.1 Å². The van der Waals surface area contributed by atoms with Crippen molar-refractivity contribution in [2.75, 3.05) is 25.0 Å². The van der Waals surface area contributed by atoms with Crippen LogP contribution in [-0.2, 0) is 9.59 Å². The molecule has 1 aliphatic heterocycles. The standard InChI is InChI=1S/C14H17FN2O3/c15-11-2-1-3-12(8-11)16-9-13(18)17-6-4-10(5-7-17)14(19)20/h1-3,8,10,16H,4-7,9H2,(H,19,20). The van der Waals surface area contributed by atoms with E-state index in [1.165, 1.54) is 12.1 Å². The molecule has 1 aliphatic rings. The Balaban J connectivity index is 1.80. The lowest BCUT2D eigenvalue weighted by Crippen LogP contribution is -2.42. The Labute approximate surface area is 116 Å². The maximum Gasteiger partial charge on any atom is 0.306 e. The normalized spacial score (nSPS) is 15.9. The fourth-order valence-electron chi connectivity index (χ4n) is 2.26. The van der Waals surface area contributed by atoms with Gasteiger partial charge in [0.2, 0.25) is 5.91 Å². The summed E-state index contributed by atoms with van der Waals surface area (Å²) in [5.41, 5.74) is 0.554. The summed E-state index contributed by atoms with van der Waals surface area (Å²) >= 11 is 0. The first kappa shape index (κ1) is 14.3. The van der Waals surface area contributed by atoms with E-state index in [0.29, 0.717) is 31.6 Å². The summed E-state index contributed by atoms with van der Waals surface area (Å²) in [6.07, 6.45) is 0.974. The highest BCUT2D eigenvalue weighted by atomic mass is 19.1. The van der Waals surface area contributed by atoms with Gasteiger partial charge in [-0.2, -0.15) is 0 Å². The van der Waals surface area contributed by atoms with E-state index in [0.717, 1.165) is 0 Å². The van der Waals surface area contributed by atoms with E-state index in [2.05, 4.69) is 5.32 Å². The zero-order valence-corrected chi connectivity index (χ0v) is 11.0.